The van der Waals surface area contributed by atoms with E-state index < -0.39 is 18.0 Å². The van der Waals surface area contributed by atoms with Crippen molar-refractivity contribution in [3.8, 4) is 16.3 Å². The molecule has 0 saturated carbocycles. The minimum Gasteiger partial charge on any atom is -0.404 e. The standard InChI is InChI=1S/C21H13F3N2O2S/c22-21(23,24)28-18-9-4-3-8-16(18)26-20(27)14-12-17(19-10-5-11-29-19)25-15-7-2-1-6-13(14)15/h1-12H,(H,26,27). The monoisotopic (exact) mass is 414 g/mol. The van der Waals surface area contributed by atoms with Crippen LogP contribution in [0, 0.1) is 0 Å². The van der Waals surface area contributed by atoms with Crippen molar-refractivity contribution in [2.45, 2.75) is 6.36 Å². The van der Waals surface area contributed by atoms with Gasteiger partial charge in [-0.15, -0.1) is 24.5 Å². The molecule has 8 heteroatoms. The Balaban J connectivity index is 1.75. The van der Waals surface area contributed by atoms with Crippen LogP contribution in [-0.4, -0.2) is 17.3 Å². The first-order chi connectivity index (χ1) is 13.9. The largest absolute Gasteiger partial charge is 0.573 e. The Kier molecular flexibility index (Phi) is 4.94. The van der Waals surface area contributed by atoms with Crippen molar-refractivity contribution < 1.29 is 22.7 Å². The minimum atomic E-state index is -4.86. The molecule has 2 aromatic heterocycles. The van der Waals surface area contributed by atoms with Gasteiger partial charge in [0.15, 0.2) is 5.75 Å². The first kappa shape index (κ1) is 18.9. The SMILES string of the molecule is O=C(Nc1ccccc1OC(F)(F)F)c1cc(-c2cccs2)nc2ccccc12. The van der Waals surface area contributed by atoms with E-state index in [0.29, 0.717) is 22.2 Å². The third kappa shape index (κ3) is 4.22. The molecule has 0 aliphatic carbocycles. The van der Waals surface area contributed by atoms with Crippen molar-refractivity contribution in [1.29, 1.82) is 0 Å². The highest BCUT2D eigenvalue weighted by Crippen LogP contribution is 2.32. The van der Waals surface area contributed by atoms with Gasteiger partial charge in [-0.3, -0.25) is 4.79 Å². The van der Waals surface area contributed by atoms with Crippen molar-refractivity contribution >= 4 is 33.8 Å². The van der Waals surface area contributed by atoms with Crippen LogP contribution in [0.15, 0.2) is 72.1 Å². The molecule has 0 radical (unpaired) electrons. The smallest absolute Gasteiger partial charge is 0.404 e. The molecular formula is C21H13F3N2O2S. The fourth-order valence-electron chi connectivity index (χ4n) is 2.89. The summed E-state index contributed by atoms with van der Waals surface area (Å²) >= 11 is 1.48. The topological polar surface area (TPSA) is 51.2 Å². The Morgan fingerprint density at radius 3 is 2.52 bits per heavy atom. The van der Waals surface area contributed by atoms with Gasteiger partial charge in [-0.05, 0) is 35.7 Å². The van der Waals surface area contributed by atoms with Gasteiger partial charge in [0.2, 0.25) is 0 Å². The number of alkyl halides is 3. The maximum Gasteiger partial charge on any atom is 0.573 e. The maximum absolute atomic E-state index is 13.0. The molecule has 0 aliphatic rings. The number of aromatic nitrogens is 1. The highest BCUT2D eigenvalue weighted by atomic mass is 32.1. The number of anilines is 1. The van der Waals surface area contributed by atoms with Crippen LogP contribution in [0.2, 0.25) is 0 Å². The first-order valence-electron chi connectivity index (χ1n) is 8.50. The Hall–Kier alpha value is -3.39. The lowest BCUT2D eigenvalue weighted by molar-refractivity contribution is -0.274. The number of ether oxygens (including phenoxy) is 1. The van der Waals surface area contributed by atoms with E-state index in [0.717, 1.165) is 10.9 Å². The number of amides is 1. The number of benzene rings is 2. The summed E-state index contributed by atoms with van der Waals surface area (Å²) in [7, 11) is 0. The lowest BCUT2D eigenvalue weighted by Gasteiger charge is -2.14. The van der Waals surface area contributed by atoms with Crippen molar-refractivity contribution in [3.63, 3.8) is 0 Å². The second-order valence-corrected chi connectivity index (χ2v) is 7.00. The number of nitrogens with one attached hydrogen (secondary N) is 1. The first-order valence-corrected chi connectivity index (χ1v) is 9.38. The number of carbonyl (C=O) groups excluding carboxylic acids is 1. The van der Waals surface area contributed by atoms with Crippen LogP contribution < -0.4 is 10.1 Å². The van der Waals surface area contributed by atoms with E-state index in [1.54, 1.807) is 24.3 Å². The van der Waals surface area contributed by atoms with E-state index in [1.807, 2.05) is 23.6 Å². The summed E-state index contributed by atoms with van der Waals surface area (Å²) in [6, 6.07) is 17.9. The molecule has 2 aromatic carbocycles. The van der Waals surface area contributed by atoms with Crippen molar-refractivity contribution in [3.05, 3.63) is 77.7 Å². The molecule has 1 N–H and O–H groups in total. The van der Waals surface area contributed by atoms with Gasteiger partial charge in [-0.2, -0.15) is 0 Å². The molecule has 0 spiro atoms. The van der Waals surface area contributed by atoms with Crippen LogP contribution in [0.25, 0.3) is 21.5 Å². The zero-order chi connectivity index (χ0) is 20.4. The van der Waals surface area contributed by atoms with Crippen LogP contribution in [0.1, 0.15) is 10.4 Å². The molecule has 29 heavy (non-hydrogen) atoms. The lowest BCUT2D eigenvalue weighted by Crippen LogP contribution is -2.19. The quantitative estimate of drug-likeness (QED) is 0.438. The second kappa shape index (κ2) is 7.56. The van der Waals surface area contributed by atoms with E-state index in [2.05, 4.69) is 15.0 Å². The number of rotatable bonds is 4. The predicted octanol–water partition coefficient (Wildman–Crippen LogP) is 6.11. The van der Waals surface area contributed by atoms with Gasteiger partial charge in [-0.25, -0.2) is 4.98 Å². The number of halogens is 3. The molecule has 0 bridgehead atoms. The number of thiophene rings is 1. The zero-order valence-electron chi connectivity index (χ0n) is 14.7. The molecular weight excluding hydrogens is 401 g/mol. The summed E-state index contributed by atoms with van der Waals surface area (Å²) in [5.41, 5.74) is 1.46. The molecule has 4 aromatic rings. The van der Waals surface area contributed by atoms with Gasteiger partial charge >= 0.3 is 6.36 Å². The van der Waals surface area contributed by atoms with E-state index in [9.17, 15) is 18.0 Å². The van der Waals surface area contributed by atoms with E-state index in [1.165, 1.54) is 29.5 Å². The number of hydrogen-bond donors (Lipinski definition) is 1. The summed E-state index contributed by atoms with van der Waals surface area (Å²) in [4.78, 5) is 18.5. The number of nitrogens with zero attached hydrogens (tertiary/aromatic N) is 1. The van der Waals surface area contributed by atoms with Gasteiger partial charge in [-0.1, -0.05) is 36.4 Å². The predicted molar refractivity (Wildman–Crippen MR) is 106 cm³/mol. The summed E-state index contributed by atoms with van der Waals surface area (Å²) in [6.07, 6.45) is -4.86. The summed E-state index contributed by atoms with van der Waals surface area (Å²) in [5, 5.41) is 5.02. The van der Waals surface area contributed by atoms with Crippen LogP contribution in [0.4, 0.5) is 18.9 Å². The minimum absolute atomic E-state index is 0.0756. The third-order valence-corrected chi connectivity index (χ3v) is 4.99. The lowest BCUT2D eigenvalue weighted by atomic mass is 10.1. The van der Waals surface area contributed by atoms with Crippen LogP contribution in [0.3, 0.4) is 0 Å². The van der Waals surface area contributed by atoms with E-state index in [4.69, 9.17) is 0 Å². The van der Waals surface area contributed by atoms with Gasteiger partial charge in [0.05, 0.1) is 27.3 Å². The van der Waals surface area contributed by atoms with Crippen molar-refractivity contribution in [2.24, 2.45) is 0 Å². The summed E-state index contributed by atoms with van der Waals surface area (Å²) < 4.78 is 42.0. The summed E-state index contributed by atoms with van der Waals surface area (Å²) in [6.45, 7) is 0. The van der Waals surface area contributed by atoms with Gasteiger partial charge in [0.25, 0.3) is 5.91 Å². The number of para-hydroxylation sites is 3. The number of pyridine rings is 1. The van der Waals surface area contributed by atoms with Gasteiger partial charge < -0.3 is 10.1 Å². The Morgan fingerprint density at radius 1 is 1.00 bits per heavy atom. The molecule has 4 rings (SSSR count). The van der Waals surface area contributed by atoms with Crippen LogP contribution >= 0.6 is 11.3 Å². The number of fused-ring (bicyclic) bond motifs is 1. The fraction of sp³-hybridized carbons (Fsp3) is 0.0476. The molecule has 0 unspecified atom stereocenters. The molecule has 0 aliphatic heterocycles. The molecule has 0 atom stereocenters. The molecule has 4 nitrogen and oxygen atoms in total. The Bertz CT molecular complexity index is 1170. The molecule has 146 valence electrons. The van der Waals surface area contributed by atoms with Crippen LogP contribution in [0.5, 0.6) is 5.75 Å². The Morgan fingerprint density at radius 2 is 1.76 bits per heavy atom. The highest BCUT2D eigenvalue weighted by Gasteiger charge is 2.32. The number of carbonyl (C=O) groups is 1. The van der Waals surface area contributed by atoms with Crippen molar-refractivity contribution in [1.82, 2.24) is 4.98 Å². The third-order valence-electron chi connectivity index (χ3n) is 4.10. The normalized spacial score (nSPS) is 11.4. The van der Waals surface area contributed by atoms with E-state index >= 15 is 0 Å². The number of hydrogen-bond acceptors (Lipinski definition) is 4. The second-order valence-electron chi connectivity index (χ2n) is 6.05. The van der Waals surface area contributed by atoms with Crippen LogP contribution in [-0.2, 0) is 0 Å². The van der Waals surface area contributed by atoms with E-state index in [-0.39, 0.29) is 5.69 Å². The average molecular weight is 414 g/mol. The highest BCUT2D eigenvalue weighted by molar-refractivity contribution is 7.13. The Labute approximate surface area is 167 Å². The molecule has 1 amide bonds. The molecule has 0 fully saturated rings. The van der Waals surface area contributed by atoms with Crippen molar-refractivity contribution in [2.75, 3.05) is 5.32 Å². The van der Waals surface area contributed by atoms with Gasteiger partial charge in [0, 0.05) is 5.39 Å². The maximum atomic E-state index is 13.0. The molecule has 2 heterocycles. The van der Waals surface area contributed by atoms with Gasteiger partial charge in [0.1, 0.15) is 0 Å². The summed E-state index contributed by atoms with van der Waals surface area (Å²) in [5.74, 6) is -1.04. The molecule has 0 saturated heterocycles. The zero-order valence-corrected chi connectivity index (χ0v) is 15.6. The fourth-order valence-corrected chi connectivity index (χ4v) is 3.57. The average Bonchev–Trinajstić information content (AvgIpc) is 3.22.